The quantitative estimate of drug-likeness (QED) is 0.569. The first kappa shape index (κ1) is 21.0. The molecule has 2 aromatic carbocycles. The van der Waals surface area contributed by atoms with E-state index in [1.54, 1.807) is 65.6 Å². The number of hydrogen-bond acceptors (Lipinski definition) is 4. The lowest BCUT2D eigenvalue weighted by Crippen LogP contribution is -2.30. The molecule has 1 heterocycles. The van der Waals surface area contributed by atoms with Gasteiger partial charge in [0, 0.05) is 35.5 Å². The van der Waals surface area contributed by atoms with Crippen molar-refractivity contribution in [2.45, 2.75) is 20.8 Å². The molecule has 0 atom stereocenters. The maximum atomic E-state index is 12.5. The van der Waals surface area contributed by atoms with Crippen LogP contribution < -0.4 is 5.32 Å². The Morgan fingerprint density at radius 1 is 0.833 bits per heavy atom. The number of carbonyl (C=O) groups excluding carboxylic acids is 3. The lowest BCUT2D eigenvalue weighted by atomic mass is 10.1. The number of nitrogens with zero attached hydrogens (tertiary/aromatic N) is 1. The number of anilines is 1. The minimum absolute atomic E-state index is 0.00845. The molecule has 0 bridgehead atoms. The first-order valence-electron chi connectivity index (χ1n) is 9.84. The molecule has 6 heteroatoms. The number of Topliss-reactive ketones (excluding diaryl/α,β-unsaturated/α-hetero) is 1. The summed E-state index contributed by atoms with van der Waals surface area (Å²) in [5, 5.41) is 2.77. The van der Waals surface area contributed by atoms with Crippen molar-refractivity contribution in [3.63, 3.8) is 0 Å². The summed E-state index contributed by atoms with van der Waals surface area (Å²) in [7, 11) is 0. The average molecular weight is 404 g/mol. The molecule has 0 aliphatic carbocycles. The zero-order valence-electron chi connectivity index (χ0n) is 17.3. The minimum Gasteiger partial charge on any atom is -0.451 e. The molecule has 0 fully saturated rings. The van der Waals surface area contributed by atoms with Gasteiger partial charge in [0.25, 0.3) is 11.8 Å². The molecule has 0 aliphatic rings. The first-order chi connectivity index (χ1) is 14.4. The third-order valence-corrected chi connectivity index (χ3v) is 4.85. The lowest BCUT2D eigenvalue weighted by molar-refractivity contribution is 0.0772. The molecule has 30 heavy (non-hydrogen) atoms. The molecule has 154 valence electrons. The highest BCUT2D eigenvalue weighted by Gasteiger charge is 2.15. The molecular formula is C24H24N2O4. The number of furan rings is 1. The molecule has 0 radical (unpaired) electrons. The molecule has 0 spiro atoms. The van der Waals surface area contributed by atoms with E-state index >= 15 is 0 Å². The zero-order chi connectivity index (χ0) is 21.7. The number of ketones is 1. The lowest BCUT2D eigenvalue weighted by Gasteiger charge is -2.18. The average Bonchev–Trinajstić information content (AvgIpc) is 3.25. The van der Waals surface area contributed by atoms with Crippen LogP contribution in [0.3, 0.4) is 0 Å². The van der Waals surface area contributed by atoms with E-state index in [2.05, 4.69) is 5.32 Å². The van der Waals surface area contributed by atoms with Gasteiger partial charge >= 0.3 is 0 Å². The summed E-state index contributed by atoms with van der Waals surface area (Å²) in [4.78, 5) is 38.0. The number of rotatable bonds is 7. The summed E-state index contributed by atoms with van der Waals surface area (Å²) in [6.07, 6.45) is 0. The van der Waals surface area contributed by atoms with Crippen LogP contribution in [-0.4, -0.2) is 35.6 Å². The molecule has 1 aromatic heterocycles. The summed E-state index contributed by atoms with van der Waals surface area (Å²) >= 11 is 0. The van der Waals surface area contributed by atoms with Gasteiger partial charge in [-0.25, -0.2) is 0 Å². The van der Waals surface area contributed by atoms with Gasteiger partial charge < -0.3 is 14.6 Å². The third-order valence-electron chi connectivity index (χ3n) is 4.85. The highest BCUT2D eigenvalue weighted by Crippen LogP contribution is 2.23. The fraction of sp³-hybridized carbons (Fsp3) is 0.208. The van der Waals surface area contributed by atoms with Crippen molar-refractivity contribution in [2.24, 2.45) is 0 Å². The van der Waals surface area contributed by atoms with Gasteiger partial charge in [0.15, 0.2) is 11.5 Å². The second-order valence-corrected chi connectivity index (χ2v) is 6.81. The second-order valence-electron chi connectivity index (χ2n) is 6.81. The Morgan fingerprint density at radius 3 is 2.00 bits per heavy atom. The van der Waals surface area contributed by atoms with Gasteiger partial charge in [0.1, 0.15) is 5.76 Å². The van der Waals surface area contributed by atoms with E-state index in [9.17, 15) is 14.4 Å². The topological polar surface area (TPSA) is 79.6 Å². The van der Waals surface area contributed by atoms with E-state index in [1.807, 2.05) is 13.8 Å². The Hall–Kier alpha value is -3.67. The van der Waals surface area contributed by atoms with Crippen molar-refractivity contribution in [3.05, 3.63) is 77.6 Å². The van der Waals surface area contributed by atoms with Crippen molar-refractivity contribution in [2.75, 3.05) is 18.4 Å². The smallest absolute Gasteiger partial charge is 0.291 e. The molecule has 0 aliphatic heterocycles. The van der Waals surface area contributed by atoms with Gasteiger partial charge in [-0.3, -0.25) is 14.4 Å². The largest absolute Gasteiger partial charge is 0.451 e. The molecule has 6 nitrogen and oxygen atoms in total. The number of amides is 2. The van der Waals surface area contributed by atoms with Gasteiger partial charge in [0.05, 0.1) is 0 Å². The predicted octanol–water partition coefficient (Wildman–Crippen LogP) is 4.88. The van der Waals surface area contributed by atoms with E-state index in [1.165, 1.54) is 6.92 Å². The van der Waals surface area contributed by atoms with Crippen LogP contribution in [-0.2, 0) is 0 Å². The Kier molecular flexibility index (Phi) is 6.47. The Morgan fingerprint density at radius 2 is 1.43 bits per heavy atom. The molecule has 0 saturated heterocycles. The Bertz CT molecular complexity index is 1050. The molecule has 0 unspecified atom stereocenters. The zero-order valence-corrected chi connectivity index (χ0v) is 17.3. The highest BCUT2D eigenvalue weighted by atomic mass is 16.3. The fourth-order valence-electron chi connectivity index (χ4n) is 3.07. The van der Waals surface area contributed by atoms with Crippen LogP contribution in [0, 0.1) is 0 Å². The van der Waals surface area contributed by atoms with Crippen LogP contribution in [0.15, 0.2) is 65.1 Å². The van der Waals surface area contributed by atoms with Crippen molar-refractivity contribution in [1.82, 2.24) is 4.90 Å². The number of nitrogens with one attached hydrogen (secondary N) is 1. The van der Waals surface area contributed by atoms with Crippen molar-refractivity contribution >= 4 is 23.3 Å². The second kappa shape index (κ2) is 9.22. The van der Waals surface area contributed by atoms with Crippen LogP contribution in [0.1, 0.15) is 52.0 Å². The van der Waals surface area contributed by atoms with Gasteiger partial charge in [0.2, 0.25) is 0 Å². The van der Waals surface area contributed by atoms with E-state index in [0.717, 1.165) is 5.56 Å². The molecule has 3 aromatic rings. The maximum Gasteiger partial charge on any atom is 0.291 e. The summed E-state index contributed by atoms with van der Waals surface area (Å²) in [6, 6.07) is 17.1. The predicted molar refractivity (Wildman–Crippen MR) is 116 cm³/mol. The van der Waals surface area contributed by atoms with Crippen LogP contribution >= 0.6 is 0 Å². The molecular weight excluding hydrogens is 380 g/mol. The summed E-state index contributed by atoms with van der Waals surface area (Å²) in [5.41, 5.74) is 2.54. The van der Waals surface area contributed by atoms with E-state index < -0.39 is 0 Å². The van der Waals surface area contributed by atoms with E-state index in [4.69, 9.17) is 4.42 Å². The third kappa shape index (κ3) is 4.66. The fourth-order valence-corrected chi connectivity index (χ4v) is 3.07. The van der Waals surface area contributed by atoms with Gasteiger partial charge in [-0.05, 0) is 57.2 Å². The number of carbonyl (C=O) groups is 3. The van der Waals surface area contributed by atoms with E-state index in [0.29, 0.717) is 35.7 Å². The molecule has 2 amide bonds. The number of benzene rings is 2. The number of hydrogen-bond donors (Lipinski definition) is 1. The normalized spacial score (nSPS) is 10.5. The SMILES string of the molecule is CCN(CC)C(=O)c1ccc(NC(=O)c2ccc(-c3ccc(C(C)=O)cc3)o2)cc1. The minimum atomic E-state index is -0.385. The summed E-state index contributed by atoms with van der Waals surface area (Å²) in [5.74, 6) is 0.277. The molecule has 1 N–H and O–H groups in total. The molecule has 3 rings (SSSR count). The van der Waals surface area contributed by atoms with E-state index in [-0.39, 0.29) is 23.4 Å². The summed E-state index contributed by atoms with van der Waals surface area (Å²) in [6.45, 7) is 6.67. The van der Waals surface area contributed by atoms with Crippen LogP contribution in [0.5, 0.6) is 0 Å². The van der Waals surface area contributed by atoms with Crippen LogP contribution in [0.25, 0.3) is 11.3 Å². The van der Waals surface area contributed by atoms with Crippen molar-refractivity contribution in [3.8, 4) is 11.3 Å². The Labute approximate surface area is 175 Å². The van der Waals surface area contributed by atoms with Gasteiger partial charge in [-0.1, -0.05) is 24.3 Å². The highest BCUT2D eigenvalue weighted by molar-refractivity contribution is 6.03. The monoisotopic (exact) mass is 404 g/mol. The maximum absolute atomic E-state index is 12.5. The Balaban J connectivity index is 1.68. The van der Waals surface area contributed by atoms with Gasteiger partial charge in [-0.2, -0.15) is 0 Å². The first-order valence-corrected chi connectivity index (χ1v) is 9.84. The molecule has 0 saturated carbocycles. The van der Waals surface area contributed by atoms with Crippen molar-refractivity contribution in [1.29, 1.82) is 0 Å². The van der Waals surface area contributed by atoms with Crippen LogP contribution in [0.2, 0.25) is 0 Å². The van der Waals surface area contributed by atoms with Gasteiger partial charge in [-0.15, -0.1) is 0 Å². The summed E-state index contributed by atoms with van der Waals surface area (Å²) < 4.78 is 5.67. The van der Waals surface area contributed by atoms with Crippen LogP contribution in [0.4, 0.5) is 5.69 Å². The van der Waals surface area contributed by atoms with Crippen molar-refractivity contribution < 1.29 is 18.8 Å². The standard InChI is InChI=1S/C24H24N2O4/c1-4-26(5-2)24(29)19-10-12-20(13-11-19)25-23(28)22-15-14-21(30-22)18-8-6-17(7-9-18)16(3)27/h6-15H,4-5H2,1-3H3,(H,25,28).